The zero-order valence-corrected chi connectivity index (χ0v) is 16.9. The molecule has 2 heterocycles. The van der Waals surface area contributed by atoms with Crippen LogP contribution in [0, 0.1) is 0 Å². The minimum Gasteiger partial charge on any atom is -0.381 e. The number of hydrogen-bond donors (Lipinski definition) is 2. The average Bonchev–Trinajstić information content (AvgIpc) is 2.74. The molecular weight excluding hydrogens is 382 g/mol. The standard InChI is InChI=1S/C19H29N3O5S/c23-18(20-8-15-28(24,25)22-9-13-27-14-10-22)21-16-19(6-11-26-12-7-19)17-4-2-1-3-5-17/h1-5H,6-16H2,(H2,20,21,23). The number of carbonyl (C=O) groups excluding carboxylic acids is 1. The van der Waals surface area contributed by atoms with Crippen LogP contribution in [0.5, 0.6) is 0 Å². The molecule has 28 heavy (non-hydrogen) atoms. The zero-order valence-electron chi connectivity index (χ0n) is 16.1. The molecule has 0 saturated carbocycles. The molecule has 2 aliphatic heterocycles. The zero-order chi connectivity index (χ0) is 19.9. The molecule has 0 aliphatic carbocycles. The van der Waals surface area contributed by atoms with E-state index in [0.717, 1.165) is 12.8 Å². The number of ether oxygens (including phenoxy) is 2. The van der Waals surface area contributed by atoms with Crippen LogP contribution in [-0.4, -0.2) is 77.1 Å². The fraction of sp³-hybridized carbons (Fsp3) is 0.632. The van der Waals surface area contributed by atoms with Crippen molar-refractivity contribution >= 4 is 16.1 Å². The van der Waals surface area contributed by atoms with E-state index >= 15 is 0 Å². The van der Waals surface area contributed by atoms with Gasteiger partial charge in [-0.25, -0.2) is 13.2 Å². The van der Waals surface area contributed by atoms with Gasteiger partial charge in [0.1, 0.15) is 0 Å². The Labute approximate surface area is 166 Å². The number of benzene rings is 1. The van der Waals surface area contributed by atoms with E-state index < -0.39 is 10.0 Å². The van der Waals surface area contributed by atoms with Crippen molar-refractivity contribution in [3.8, 4) is 0 Å². The van der Waals surface area contributed by atoms with Crippen LogP contribution in [0.15, 0.2) is 30.3 Å². The highest BCUT2D eigenvalue weighted by Crippen LogP contribution is 2.34. The first-order chi connectivity index (χ1) is 13.5. The molecule has 0 aromatic heterocycles. The summed E-state index contributed by atoms with van der Waals surface area (Å²) in [7, 11) is -3.38. The summed E-state index contributed by atoms with van der Waals surface area (Å²) in [5.74, 6) is -0.113. The molecule has 2 amide bonds. The Kier molecular flexibility index (Phi) is 7.28. The molecule has 3 rings (SSSR count). The van der Waals surface area contributed by atoms with E-state index in [0.29, 0.717) is 46.1 Å². The van der Waals surface area contributed by atoms with Crippen LogP contribution in [0.25, 0.3) is 0 Å². The predicted octanol–water partition coefficient (Wildman–Crippen LogP) is 0.696. The predicted molar refractivity (Wildman–Crippen MR) is 106 cm³/mol. The van der Waals surface area contributed by atoms with Gasteiger partial charge < -0.3 is 20.1 Å². The number of carbonyl (C=O) groups is 1. The van der Waals surface area contributed by atoms with Gasteiger partial charge in [-0.1, -0.05) is 30.3 Å². The van der Waals surface area contributed by atoms with Crippen LogP contribution in [0.2, 0.25) is 0 Å². The third kappa shape index (κ3) is 5.44. The van der Waals surface area contributed by atoms with Gasteiger partial charge >= 0.3 is 6.03 Å². The molecule has 0 bridgehead atoms. The highest BCUT2D eigenvalue weighted by Gasteiger charge is 2.34. The van der Waals surface area contributed by atoms with E-state index in [1.165, 1.54) is 9.87 Å². The van der Waals surface area contributed by atoms with E-state index in [-0.39, 0.29) is 23.7 Å². The first kappa shape index (κ1) is 21.0. The van der Waals surface area contributed by atoms with Crippen LogP contribution in [0.4, 0.5) is 4.79 Å². The molecule has 1 aromatic rings. The van der Waals surface area contributed by atoms with Gasteiger partial charge in [0.25, 0.3) is 0 Å². The molecular formula is C19H29N3O5S. The van der Waals surface area contributed by atoms with Gasteiger partial charge in [0.05, 0.1) is 19.0 Å². The van der Waals surface area contributed by atoms with Gasteiger partial charge in [-0.15, -0.1) is 0 Å². The number of nitrogens with zero attached hydrogens (tertiary/aromatic N) is 1. The first-order valence-corrected chi connectivity index (χ1v) is 11.3. The maximum Gasteiger partial charge on any atom is 0.314 e. The van der Waals surface area contributed by atoms with Crippen LogP contribution >= 0.6 is 0 Å². The largest absolute Gasteiger partial charge is 0.381 e. The van der Waals surface area contributed by atoms with Crippen molar-refractivity contribution in [2.24, 2.45) is 0 Å². The van der Waals surface area contributed by atoms with E-state index in [2.05, 4.69) is 22.8 Å². The molecule has 2 fully saturated rings. The number of sulfonamides is 1. The third-order valence-electron chi connectivity index (χ3n) is 5.43. The summed E-state index contributed by atoms with van der Waals surface area (Å²) < 4.78 is 36.7. The molecule has 156 valence electrons. The Hall–Kier alpha value is -1.68. The number of amides is 2. The second kappa shape index (κ2) is 9.69. The Morgan fingerprint density at radius 3 is 2.32 bits per heavy atom. The SMILES string of the molecule is O=C(NCCS(=O)(=O)N1CCOCC1)NCC1(c2ccccc2)CCOCC1. The number of morpholine rings is 1. The molecule has 2 N–H and O–H groups in total. The summed E-state index contributed by atoms with van der Waals surface area (Å²) in [5, 5.41) is 5.59. The second-order valence-electron chi connectivity index (χ2n) is 7.20. The van der Waals surface area contributed by atoms with Crippen LogP contribution < -0.4 is 10.6 Å². The summed E-state index contributed by atoms with van der Waals surface area (Å²) in [6.07, 6.45) is 1.67. The lowest BCUT2D eigenvalue weighted by Gasteiger charge is -2.38. The lowest BCUT2D eigenvalue weighted by Crippen LogP contribution is -2.48. The fourth-order valence-corrected chi connectivity index (χ4v) is 5.00. The summed E-state index contributed by atoms with van der Waals surface area (Å²) in [4.78, 5) is 12.2. The normalized spacial score (nSPS) is 20.4. The highest BCUT2D eigenvalue weighted by molar-refractivity contribution is 7.89. The molecule has 2 aliphatic rings. The lowest BCUT2D eigenvalue weighted by molar-refractivity contribution is 0.0507. The topological polar surface area (TPSA) is 97.0 Å². The molecule has 9 heteroatoms. The second-order valence-corrected chi connectivity index (χ2v) is 9.28. The summed E-state index contributed by atoms with van der Waals surface area (Å²) in [6, 6.07) is 9.80. The van der Waals surface area contributed by atoms with Gasteiger partial charge in [0.15, 0.2) is 0 Å². The summed E-state index contributed by atoms with van der Waals surface area (Å²) in [6.45, 7) is 3.46. The van der Waals surface area contributed by atoms with Crippen molar-refractivity contribution < 1.29 is 22.7 Å². The van der Waals surface area contributed by atoms with E-state index in [1.807, 2.05) is 18.2 Å². The highest BCUT2D eigenvalue weighted by atomic mass is 32.2. The molecule has 0 spiro atoms. The number of rotatable bonds is 7. The van der Waals surface area contributed by atoms with Crippen LogP contribution in [0.3, 0.4) is 0 Å². The molecule has 1 aromatic carbocycles. The van der Waals surface area contributed by atoms with E-state index in [4.69, 9.17) is 9.47 Å². The van der Waals surface area contributed by atoms with Crippen molar-refractivity contribution in [3.05, 3.63) is 35.9 Å². The molecule has 0 atom stereocenters. The van der Waals surface area contributed by atoms with Crippen molar-refractivity contribution in [3.63, 3.8) is 0 Å². The Morgan fingerprint density at radius 2 is 1.64 bits per heavy atom. The van der Waals surface area contributed by atoms with Gasteiger partial charge in [0, 0.05) is 44.8 Å². The number of nitrogens with one attached hydrogen (secondary N) is 2. The molecule has 8 nitrogen and oxygen atoms in total. The smallest absolute Gasteiger partial charge is 0.314 e. The Balaban J connectivity index is 1.48. The first-order valence-electron chi connectivity index (χ1n) is 9.72. The number of urea groups is 1. The van der Waals surface area contributed by atoms with E-state index in [1.54, 1.807) is 0 Å². The van der Waals surface area contributed by atoms with Crippen LogP contribution in [0.1, 0.15) is 18.4 Å². The minimum atomic E-state index is -3.38. The van der Waals surface area contributed by atoms with Crippen molar-refractivity contribution in [2.45, 2.75) is 18.3 Å². The van der Waals surface area contributed by atoms with Crippen LogP contribution in [-0.2, 0) is 24.9 Å². The molecule has 2 saturated heterocycles. The van der Waals surface area contributed by atoms with Gasteiger partial charge in [-0.2, -0.15) is 4.31 Å². The van der Waals surface area contributed by atoms with Crippen molar-refractivity contribution in [1.29, 1.82) is 0 Å². The number of hydrogen-bond acceptors (Lipinski definition) is 5. The minimum absolute atomic E-state index is 0.0764. The summed E-state index contributed by atoms with van der Waals surface area (Å²) >= 11 is 0. The van der Waals surface area contributed by atoms with Gasteiger partial charge in [-0.3, -0.25) is 0 Å². The lowest BCUT2D eigenvalue weighted by atomic mass is 9.74. The maximum atomic E-state index is 12.3. The quantitative estimate of drug-likeness (QED) is 0.688. The van der Waals surface area contributed by atoms with Gasteiger partial charge in [-0.05, 0) is 18.4 Å². The molecule has 0 unspecified atom stereocenters. The van der Waals surface area contributed by atoms with Crippen molar-refractivity contribution in [1.82, 2.24) is 14.9 Å². The Bertz CT molecular complexity index is 729. The fourth-order valence-electron chi connectivity index (χ4n) is 3.68. The average molecular weight is 412 g/mol. The molecule has 0 radical (unpaired) electrons. The third-order valence-corrected chi connectivity index (χ3v) is 7.30. The Morgan fingerprint density at radius 1 is 1.00 bits per heavy atom. The van der Waals surface area contributed by atoms with E-state index in [9.17, 15) is 13.2 Å². The monoisotopic (exact) mass is 411 g/mol. The van der Waals surface area contributed by atoms with Gasteiger partial charge in [0.2, 0.25) is 10.0 Å². The maximum absolute atomic E-state index is 12.3. The van der Waals surface area contributed by atoms with Crippen molar-refractivity contribution in [2.75, 3.05) is 58.4 Å². The summed E-state index contributed by atoms with van der Waals surface area (Å²) in [5.41, 5.74) is 1.03.